The van der Waals surface area contributed by atoms with Crippen molar-refractivity contribution in [2.75, 3.05) is 11.9 Å². The number of nitrogens with zero attached hydrogens (tertiary/aromatic N) is 4. The highest BCUT2D eigenvalue weighted by Crippen LogP contribution is 2.47. The normalized spacial score (nSPS) is 17.2. The summed E-state index contributed by atoms with van der Waals surface area (Å²) in [5, 5.41) is 8.65. The molecule has 3 heterocycles. The molecule has 3 aromatic heterocycles. The van der Waals surface area contributed by atoms with Crippen LogP contribution in [-0.4, -0.2) is 26.4 Å². The molecule has 1 aliphatic rings. The zero-order valence-corrected chi connectivity index (χ0v) is 19.1. The minimum atomic E-state index is -0.190. The Hall–Kier alpha value is -3.74. The molecule has 1 aliphatic carbocycles. The van der Waals surface area contributed by atoms with Gasteiger partial charge in [-0.1, -0.05) is 30.3 Å². The maximum Gasteiger partial charge on any atom is 0.290 e. The largest absolute Gasteiger partial charge is 0.476 e. The van der Waals surface area contributed by atoms with E-state index < -0.39 is 0 Å². The number of pyridine rings is 2. The summed E-state index contributed by atoms with van der Waals surface area (Å²) in [5.74, 6) is 1.24. The molecule has 4 aromatic rings. The number of aryl methyl sites for hydroxylation is 3. The third-order valence-electron chi connectivity index (χ3n) is 6.21. The number of ether oxygens (including phenoxy) is 1. The van der Waals surface area contributed by atoms with Crippen molar-refractivity contribution in [2.24, 2.45) is 13.0 Å². The molecule has 1 fully saturated rings. The third kappa shape index (κ3) is 4.58. The Kier molecular flexibility index (Phi) is 5.54. The van der Waals surface area contributed by atoms with Crippen LogP contribution in [0.25, 0.3) is 10.9 Å². The molecular formula is C26H27N5O2. The number of hydrogen-bond donors (Lipinski definition) is 1. The molecular weight excluding hydrogens is 414 g/mol. The SMILES string of the molecule is Cc1ccc(CNc2cc(OCC3C[C@H]3c3ccc4ccccc4n3)nn(C)c2=O)c(C)n1. The number of aromatic nitrogens is 4. The van der Waals surface area contributed by atoms with Crippen LogP contribution in [0.5, 0.6) is 5.88 Å². The molecule has 1 saturated carbocycles. The van der Waals surface area contributed by atoms with E-state index in [-0.39, 0.29) is 5.56 Å². The molecule has 7 nitrogen and oxygen atoms in total. The third-order valence-corrected chi connectivity index (χ3v) is 6.21. The molecule has 33 heavy (non-hydrogen) atoms. The van der Waals surface area contributed by atoms with Crippen molar-refractivity contribution in [3.8, 4) is 5.88 Å². The Morgan fingerprint density at radius 3 is 2.79 bits per heavy atom. The lowest BCUT2D eigenvalue weighted by molar-refractivity contribution is 0.278. The number of hydrogen-bond acceptors (Lipinski definition) is 6. The Bertz CT molecular complexity index is 1380. The van der Waals surface area contributed by atoms with E-state index in [9.17, 15) is 4.79 Å². The number of rotatable bonds is 7. The average Bonchev–Trinajstić information content (AvgIpc) is 3.59. The van der Waals surface area contributed by atoms with Crippen molar-refractivity contribution in [1.29, 1.82) is 0 Å². The molecule has 0 saturated heterocycles. The van der Waals surface area contributed by atoms with Crippen LogP contribution in [0, 0.1) is 19.8 Å². The van der Waals surface area contributed by atoms with E-state index in [2.05, 4.69) is 33.6 Å². The summed E-state index contributed by atoms with van der Waals surface area (Å²) in [6.07, 6.45) is 1.04. The van der Waals surface area contributed by atoms with Crippen LogP contribution < -0.4 is 15.6 Å². The van der Waals surface area contributed by atoms with Crippen LogP contribution in [-0.2, 0) is 13.6 Å². The fourth-order valence-corrected chi connectivity index (χ4v) is 4.15. The van der Waals surface area contributed by atoms with Crippen LogP contribution in [0.15, 0.2) is 59.4 Å². The van der Waals surface area contributed by atoms with Crippen molar-refractivity contribution >= 4 is 16.6 Å². The van der Waals surface area contributed by atoms with Crippen LogP contribution in [0.4, 0.5) is 5.69 Å². The Labute approximate surface area is 192 Å². The van der Waals surface area contributed by atoms with Gasteiger partial charge in [0.1, 0.15) is 5.69 Å². The lowest BCUT2D eigenvalue weighted by Crippen LogP contribution is -2.24. The number of anilines is 1. The van der Waals surface area contributed by atoms with E-state index in [1.54, 1.807) is 13.1 Å². The monoisotopic (exact) mass is 441 g/mol. The molecule has 0 bridgehead atoms. The summed E-state index contributed by atoms with van der Waals surface area (Å²) in [5.41, 5.74) is 5.38. The summed E-state index contributed by atoms with van der Waals surface area (Å²) >= 11 is 0. The van der Waals surface area contributed by atoms with Gasteiger partial charge in [-0.2, -0.15) is 0 Å². The Balaban J connectivity index is 1.23. The second-order valence-corrected chi connectivity index (χ2v) is 8.72. The first-order valence-corrected chi connectivity index (χ1v) is 11.2. The quantitative estimate of drug-likeness (QED) is 0.464. The molecule has 5 rings (SSSR count). The summed E-state index contributed by atoms with van der Waals surface area (Å²) in [6, 6.07) is 18.1. The van der Waals surface area contributed by atoms with Gasteiger partial charge in [-0.25, -0.2) is 4.68 Å². The van der Waals surface area contributed by atoms with Crippen molar-refractivity contribution in [3.63, 3.8) is 0 Å². The van der Waals surface area contributed by atoms with Gasteiger partial charge >= 0.3 is 0 Å². The van der Waals surface area contributed by atoms with Crippen LogP contribution >= 0.6 is 0 Å². The number of para-hydroxylation sites is 1. The lowest BCUT2D eigenvalue weighted by Gasteiger charge is -2.12. The second-order valence-electron chi connectivity index (χ2n) is 8.72. The van der Waals surface area contributed by atoms with Gasteiger partial charge in [0.25, 0.3) is 5.56 Å². The van der Waals surface area contributed by atoms with Gasteiger partial charge in [0.05, 0.1) is 12.1 Å². The maximum atomic E-state index is 12.5. The van der Waals surface area contributed by atoms with E-state index in [1.807, 2.05) is 44.2 Å². The molecule has 0 spiro atoms. The van der Waals surface area contributed by atoms with Crippen molar-refractivity contribution in [2.45, 2.75) is 32.7 Å². The summed E-state index contributed by atoms with van der Waals surface area (Å²) in [4.78, 5) is 21.8. The van der Waals surface area contributed by atoms with Crippen molar-refractivity contribution in [3.05, 3.63) is 87.6 Å². The van der Waals surface area contributed by atoms with Gasteiger partial charge in [-0.3, -0.25) is 14.8 Å². The molecule has 168 valence electrons. The topological polar surface area (TPSA) is 81.9 Å². The van der Waals surface area contributed by atoms with E-state index >= 15 is 0 Å². The average molecular weight is 442 g/mol. The summed E-state index contributed by atoms with van der Waals surface area (Å²) in [7, 11) is 1.64. The first-order valence-electron chi connectivity index (χ1n) is 11.2. The highest BCUT2D eigenvalue weighted by molar-refractivity contribution is 5.78. The smallest absolute Gasteiger partial charge is 0.290 e. The highest BCUT2D eigenvalue weighted by atomic mass is 16.5. The Morgan fingerprint density at radius 2 is 1.94 bits per heavy atom. The zero-order chi connectivity index (χ0) is 22.9. The standard InChI is InChI=1S/C26H27N5O2/c1-16-8-9-19(17(2)28-16)14-27-24-13-25(30-31(3)26(24)32)33-15-20-12-21(20)23-11-10-18-6-4-5-7-22(18)29-23/h4-11,13,20-21,27H,12,14-15H2,1-3H3/t20?,21-/m1/s1. The molecule has 0 amide bonds. The van der Waals surface area contributed by atoms with E-state index in [0.29, 0.717) is 36.6 Å². The zero-order valence-electron chi connectivity index (χ0n) is 19.1. The first kappa shape index (κ1) is 21.1. The molecule has 1 N–H and O–H groups in total. The van der Waals surface area contributed by atoms with Gasteiger partial charge in [0, 0.05) is 54.0 Å². The van der Waals surface area contributed by atoms with Gasteiger partial charge in [-0.05, 0) is 44.0 Å². The van der Waals surface area contributed by atoms with Crippen LogP contribution in [0.3, 0.4) is 0 Å². The van der Waals surface area contributed by atoms with E-state index in [4.69, 9.17) is 9.72 Å². The van der Waals surface area contributed by atoms with Gasteiger partial charge in [0.2, 0.25) is 5.88 Å². The lowest BCUT2D eigenvalue weighted by atomic mass is 10.1. The van der Waals surface area contributed by atoms with Gasteiger partial charge in [0.15, 0.2) is 0 Å². The predicted octanol–water partition coefficient (Wildman–Crippen LogP) is 4.13. The van der Waals surface area contributed by atoms with E-state index in [1.165, 1.54) is 4.68 Å². The molecule has 0 aliphatic heterocycles. The predicted molar refractivity (Wildman–Crippen MR) is 129 cm³/mol. The second kappa shape index (κ2) is 8.65. The number of fused-ring (bicyclic) bond motifs is 1. The van der Waals surface area contributed by atoms with Crippen molar-refractivity contribution < 1.29 is 4.74 Å². The fourth-order valence-electron chi connectivity index (χ4n) is 4.15. The van der Waals surface area contributed by atoms with Crippen LogP contribution in [0.1, 0.15) is 35.0 Å². The molecule has 1 unspecified atom stereocenters. The summed E-state index contributed by atoms with van der Waals surface area (Å²) < 4.78 is 7.30. The van der Waals surface area contributed by atoms with Gasteiger partial charge in [-0.15, -0.1) is 5.10 Å². The van der Waals surface area contributed by atoms with Crippen LogP contribution in [0.2, 0.25) is 0 Å². The first-order chi connectivity index (χ1) is 16.0. The molecule has 1 aromatic carbocycles. The Morgan fingerprint density at radius 1 is 1.09 bits per heavy atom. The highest BCUT2D eigenvalue weighted by Gasteiger charge is 2.40. The molecule has 0 radical (unpaired) electrons. The van der Waals surface area contributed by atoms with E-state index in [0.717, 1.165) is 40.0 Å². The number of benzene rings is 1. The minimum absolute atomic E-state index is 0.190. The maximum absolute atomic E-state index is 12.5. The molecule has 7 heteroatoms. The molecule has 2 atom stereocenters. The van der Waals surface area contributed by atoms with Gasteiger partial charge < -0.3 is 10.1 Å². The minimum Gasteiger partial charge on any atom is -0.476 e. The fraction of sp³-hybridized carbons (Fsp3) is 0.308. The number of nitrogens with one attached hydrogen (secondary N) is 1. The summed E-state index contributed by atoms with van der Waals surface area (Å²) in [6.45, 7) is 4.99. The van der Waals surface area contributed by atoms with Crippen molar-refractivity contribution in [1.82, 2.24) is 19.7 Å².